The Bertz CT molecular complexity index is 2190. The quantitative estimate of drug-likeness (QED) is 0.117. The van der Waals surface area contributed by atoms with Gasteiger partial charge in [-0.2, -0.15) is 0 Å². The number of halogens is 3. The summed E-state index contributed by atoms with van der Waals surface area (Å²) in [4.78, 5) is 66.3. The monoisotopic (exact) mass is 819 g/mol. The van der Waals surface area contributed by atoms with Gasteiger partial charge in [0, 0.05) is 66.8 Å². The van der Waals surface area contributed by atoms with Gasteiger partial charge in [0.05, 0.1) is 29.3 Å². The highest BCUT2D eigenvalue weighted by Crippen LogP contribution is 2.39. The molecular weight excluding hydrogens is 760 g/mol. The Balaban J connectivity index is 1.40. The molecule has 7 atom stereocenters. The van der Waals surface area contributed by atoms with Gasteiger partial charge >= 0.3 is 0 Å². The number of carbonyl (C=O) groups excluding carboxylic acids is 4. The van der Waals surface area contributed by atoms with Crippen LogP contribution in [0.15, 0.2) is 36.4 Å². The third-order valence-electron chi connectivity index (χ3n) is 12.7. The second-order valence-corrected chi connectivity index (χ2v) is 17.7. The van der Waals surface area contributed by atoms with Crippen molar-refractivity contribution >= 4 is 45.4 Å². The number of likely N-dealkylation sites (tertiary alicyclic amines) is 2. The fourth-order valence-electron chi connectivity index (χ4n) is 8.74. The van der Waals surface area contributed by atoms with Crippen LogP contribution in [0.2, 0.25) is 0 Å². The number of amides is 3. The molecular formula is C45H60F3N7O4. The Morgan fingerprint density at radius 1 is 0.966 bits per heavy atom. The van der Waals surface area contributed by atoms with Crippen LogP contribution >= 0.6 is 0 Å². The molecule has 2 aliphatic rings. The molecule has 0 radical (unpaired) electrons. The van der Waals surface area contributed by atoms with Crippen LogP contribution < -0.4 is 10.6 Å². The van der Waals surface area contributed by atoms with Gasteiger partial charge in [-0.25, -0.2) is 18.2 Å². The van der Waals surface area contributed by atoms with E-state index in [9.17, 15) is 28.0 Å². The lowest BCUT2D eigenvalue weighted by Crippen LogP contribution is -2.51. The number of carbonyl (C=O) groups is 4. The topological polar surface area (TPSA) is 132 Å². The molecule has 4 aromatic rings. The average molecular weight is 820 g/mol. The Hall–Kier alpha value is -4.72. The molecule has 0 spiro atoms. The van der Waals surface area contributed by atoms with Crippen LogP contribution in [0.5, 0.6) is 0 Å². The number of alkyl halides is 1. The number of rotatable bonds is 15. The smallest absolute Gasteiger partial charge is 0.245 e. The van der Waals surface area contributed by atoms with Gasteiger partial charge in [0.25, 0.3) is 0 Å². The Labute approximate surface area is 344 Å². The third kappa shape index (κ3) is 9.22. The van der Waals surface area contributed by atoms with Crippen molar-refractivity contribution in [3.8, 4) is 11.5 Å². The lowest BCUT2D eigenvalue weighted by atomic mass is 9.76. The highest BCUT2D eigenvalue weighted by Gasteiger charge is 2.43. The number of Topliss-reactive ketones (excluding diaryl/α,β-unsaturated/α-hetero) is 1. The number of nitrogens with zero attached hydrogens (tertiary/aromatic N) is 4. The van der Waals surface area contributed by atoms with E-state index in [4.69, 9.17) is 4.98 Å². The van der Waals surface area contributed by atoms with E-state index in [2.05, 4.69) is 15.6 Å². The lowest BCUT2D eigenvalue weighted by molar-refractivity contribution is -0.143. The Morgan fingerprint density at radius 3 is 2.36 bits per heavy atom. The first-order valence-electron chi connectivity index (χ1n) is 21.2. The minimum absolute atomic E-state index is 0.00658. The third-order valence-corrected chi connectivity index (χ3v) is 12.7. The van der Waals surface area contributed by atoms with E-state index in [1.807, 2.05) is 51.0 Å². The Morgan fingerprint density at radius 2 is 1.68 bits per heavy atom. The van der Waals surface area contributed by atoms with Crippen LogP contribution in [0.3, 0.4) is 0 Å². The molecule has 2 saturated heterocycles. The number of benzene rings is 2. The second-order valence-electron chi connectivity index (χ2n) is 17.7. The fraction of sp³-hybridized carbons (Fsp3) is 0.578. The first-order chi connectivity index (χ1) is 27.9. The minimum atomic E-state index is -1.29. The summed E-state index contributed by atoms with van der Waals surface area (Å²) < 4.78 is 47.1. The summed E-state index contributed by atoms with van der Waals surface area (Å²) >= 11 is 0. The zero-order valence-electron chi connectivity index (χ0n) is 35.6. The van der Waals surface area contributed by atoms with Gasteiger partial charge in [-0.1, -0.05) is 41.5 Å². The summed E-state index contributed by atoms with van der Waals surface area (Å²) in [6, 6.07) is 6.76. The number of likely N-dealkylation sites (N-methyl/N-ethyl adjacent to an activating group) is 1. The summed E-state index contributed by atoms with van der Waals surface area (Å²) in [5.41, 5.74) is 2.11. The zero-order valence-corrected chi connectivity index (χ0v) is 35.6. The molecule has 4 heterocycles. The van der Waals surface area contributed by atoms with Gasteiger partial charge in [-0.15, -0.1) is 0 Å². The number of aromatic amines is 1. The standard InChI is InChI=1S/C45H60F3N7O4/c1-9-25(3)42(57)52-35(10-2)44(59)53-17-11-12-30(53)24-55-38-16-14-28(47)20-37(38)51-41(55)40-33(32-15-13-27(46)19-36(32)50-40)21-31-18-29(48)23-54(31)43(58)34(45(5,6)7)22-39(56)26(4)49-8/h13-16,19-20,25-26,29-31,34-35,49-50H,9-12,17-18,21-24H2,1-8H3,(H,52,57). The summed E-state index contributed by atoms with van der Waals surface area (Å²) in [6.45, 7) is 13.8. The number of imidazole rings is 1. The van der Waals surface area contributed by atoms with Gasteiger partial charge < -0.3 is 30.0 Å². The van der Waals surface area contributed by atoms with Gasteiger partial charge in [-0.05, 0) is 87.4 Å². The highest BCUT2D eigenvalue weighted by atomic mass is 19.1. The molecule has 3 amide bonds. The van der Waals surface area contributed by atoms with Crippen molar-refractivity contribution < 1.29 is 32.3 Å². The van der Waals surface area contributed by atoms with E-state index >= 15 is 4.39 Å². The lowest BCUT2D eigenvalue weighted by Gasteiger charge is -2.35. The van der Waals surface area contributed by atoms with Crippen molar-refractivity contribution in [3.05, 3.63) is 53.6 Å². The van der Waals surface area contributed by atoms with Crippen molar-refractivity contribution in [1.29, 1.82) is 0 Å². The summed E-state index contributed by atoms with van der Waals surface area (Å²) in [5, 5.41) is 6.58. The predicted octanol–water partition coefficient (Wildman–Crippen LogP) is 7.11. The maximum absolute atomic E-state index is 15.6. The molecule has 0 bridgehead atoms. The second kappa shape index (κ2) is 17.9. The summed E-state index contributed by atoms with van der Waals surface area (Å²) in [6.07, 6.45) is 1.52. The van der Waals surface area contributed by atoms with Crippen molar-refractivity contribution in [3.63, 3.8) is 0 Å². The van der Waals surface area contributed by atoms with Crippen LogP contribution in [0.1, 0.15) is 92.6 Å². The van der Waals surface area contributed by atoms with E-state index < -0.39 is 47.3 Å². The minimum Gasteiger partial charge on any atom is -0.352 e. The maximum atomic E-state index is 15.6. The number of aromatic nitrogens is 3. The molecule has 14 heteroatoms. The maximum Gasteiger partial charge on any atom is 0.245 e. The SMILES string of the molecule is CCC(C)C(=O)NC(CC)C(=O)N1CCCC1Cn1c(-c2[nH]c3cc(F)ccc3c2CC2CC(F)CN2C(=O)C(CC(=O)C(C)NC)C(C)(C)C)nc2cc(F)ccc21. The summed E-state index contributed by atoms with van der Waals surface area (Å²) in [7, 11) is 1.69. The largest absolute Gasteiger partial charge is 0.352 e. The van der Waals surface area contributed by atoms with E-state index in [0.29, 0.717) is 71.4 Å². The van der Waals surface area contributed by atoms with Gasteiger partial charge in [0.2, 0.25) is 17.7 Å². The van der Waals surface area contributed by atoms with Crippen LogP contribution in [-0.4, -0.2) is 98.3 Å². The van der Waals surface area contributed by atoms with Gasteiger partial charge in [0.15, 0.2) is 5.82 Å². The first-order valence-corrected chi connectivity index (χ1v) is 21.2. The van der Waals surface area contributed by atoms with Crippen LogP contribution in [-0.2, 0) is 32.1 Å². The number of H-pyrrole nitrogens is 1. The molecule has 2 aliphatic heterocycles. The molecule has 0 saturated carbocycles. The molecule has 320 valence electrons. The van der Waals surface area contributed by atoms with Crippen molar-refractivity contribution in [2.45, 2.75) is 130 Å². The average Bonchev–Trinajstić information content (AvgIpc) is 3.98. The number of hydrogen-bond donors (Lipinski definition) is 3. The van der Waals surface area contributed by atoms with Crippen molar-refractivity contribution in [2.75, 3.05) is 20.1 Å². The van der Waals surface area contributed by atoms with Crippen LogP contribution in [0.25, 0.3) is 33.5 Å². The molecule has 2 fully saturated rings. The normalized spacial score (nSPS) is 20.6. The summed E-state index contributed by atoms with van der Waals surface area (Å²) in [5.74, 6) is -2.14. The van der Waals surface area contributed by atoms with Crippen molar-refractivity contribution in [2.24, 2.45) is 17.3 Å². The molecule has 6 rings (SSSR count). The van der Waals surface area contributed by atoms with Crippen LogP contribution in [0, 0.1) is 28.9 Å². The molecule has 11 nitrogen and oxygen atoms in total. The molecule has 2 aromatic heterocycles. The molecule has 7 unspecified atom stereocenters. The van der Waals surface area contributed by atoms with Crippen molar-refractivity contribution in [1.82, 2.24) is 35.0 Å². The fourth-order valence-corrected chi connectivity index (χ4v) is 8.74. The highest BCUT2D eigenvalue weighted by molar-refractivity contribution is 5.93. The van der Waals surface area contributed by atoms with Gasteiger partial charge in [0.1, 0.15) is 29.6 Å². The number of ketones is 1. The molecule has 2 aromatic carbocycles. The van der Waals surface area contributed by atoms with Gasteiger partial charge in [-0.3, -0.25) is 19.2 Å². The van der Waals surface area contributed by atoms with E-state index in [-0.39, 0.29) is 61.3 Å². The van der Waals surface area contributed by atoms with E-state index in [0.717, 1.165) is 6.42 Å². The number of hydrogen-bond acceptors (Lipinski definition) is 6. The first kappa shape index (κ1) is 43.8. The molecule has 3 N–H and O–H groups in total. The number of nitrogens with one attached hydrogen (secondary N) is 3. The van der Waals surface area contributed by atoms with Crippen LogP contribution in [0.4, 0.5) is 13.2 Å². The zero-order chi connectivity index (χ0) is 42.9. The molecule has 0 aliphatic carbocycles. The molecule has 59 heavy (non-hydrogen) atoms. The Kier molecular flexibility index (Phi) is 13.3. The number of fused-ring (bicyclic) bond motifs is 2. The predicted molar refractivity (Wildman–Crippen MR) is 223 cm³/mol. The van der Waals surface area contributed by atoms with E-state index in [1.165, 1.54) is 24.3 Å². The van der Waals surface area contributed by atoms with E-state index in [1.54, 1.807) is 31.0 Å².